The number of hydrogen-bond donors (Lipinski definition) is 0. The molecule has 0 radical (unpaired) electrons. The maximum absolute atomic E-state index is 9.96. The van der Waals surface area contributed by atoms with Crippen LogP contribution in [0.3, 0.4) is 0 Å². The van der Waals surface area contributed by atoms with Gasteiger partial charge in [-0.3, -0.25) is 13.6 Å². The van der Waals surface area contributed by atoms with E-state index in [1.807, 2.05) is 0 Å². The summed E-state index contributed by atoms with van der Waals surface area (Å²) < 4.78 is 29.9. The van der Waals surface area contributed by atoms with Crippen molar-refractivity contribution in [1.29, 1.82) is 0 Å². The zero-order valence-corrected chi connectivity index (χ0v) is 88.0. The first-order valence-corrected chi connectivity index (χ1v) is 50.1. The fourth-order valence-electron chi connectivity index (χ4n) is 19.0. The Morgan fingerprint density at radius 1 is 0.190 bits per heavy atom. The molecule has 3 unspecified atom stereocenters. The molecule has 6 aromatic carbocycles. The van der Waals surface area contributed by atoms with Gasteiger partial charge in [-0.2, -0.15) is 0 Å². The lowest BCUT2D eigenvalue weighted by Gasteiger charge is -2.52. The van der Waals surface area contributed by atoms with Crippen molar-refractivity contribution in [3.05, 3.63) is 209 Å². The van der Waals surface area contributed by atoms with Crippen LogP contribution in [0.5, 0.6) is 0 Å². The van der Waals surface area contributed by atoms with Crippen molar-refractivity contribution >= 4 is 8.60 Å². The highest BCUT2D eigenvalue weighted by Crippen LogP contribution is 2.68. The van der Waals surface area contributed by atoms with Gasteiger partial charge in [-0.25, -0.2) is 0 Å². The fraction of sp³-hybridized carbons (Fsp3) is 0.692. The quantitative estimate of drug-likeness (QED) is 0.0290. The molecule has 0 aliphatic carbocycles. The van der Waals surface area contributed by atoms with Crippen molar-refractivity contribution in [3.8, 4) is 0 Å². The van der Waals surface area contributed by atoms with Gasteiger partial charge in [-0.05, 0) is 202 Å². The summed E-state index contributed by atoms with van der Waals surface area (Å²) in [5, 5.41) is 0. The summed E-state index contributed by atoms with van der Waals surface area (Å²) in [4.78, 5) is 0. The lowest BCUT2D eigenvalue weighted by molar-refractivity contribution is -0.0642. The largest absolute Gasteiger partial charge is 0.336 e. The van der Waals surface area contributed by atoms with Crippen LogP contribution < -0.4 is 0 Å². The monoisotopic (exact) mass is 1670 g/mol. The van der Waals surface area contributed by atoms with Gasteiger partial charge in [0.2, 0.25) is 0 Å². The van der Waals surface area contributed by atoms with Crippen molar-refractivity contribution in [2.45, 2.75) is 507 Å². The van der Waals surface area contributed by atoms with E-state index in [0.717, 1.165) is 57.8 Å². The fourth-order valence-corrected chi connectivity index (χ4v) is 21.0. The van der Waals surface area contributed by atoms with Crippen LogP contribution >= 0.6 is 8.60 Å². The Kier molecular flexibility index (Phi) is 35.3. The average Bonchev–Trinajstić information content (AvgIpc) is 0.710. The Hall–Kier alpha value is -4.37. The molecule has 0 aliphatic heterocycles. The molecule has 3 nitrogen and oxygen atoms in total. The van der Waals surface area contributed by atoms with E-state index in [0.29, 0.717) is 0 Å². The van der Waals surface area contributed by atoms with E-state index in [1.165, 1.54) is 177 Å². The van der Waals surface area contributed by atoms with Crippen LogP contribution in [0, 0.1) is 17.8 Å². The first kappa shape index (κ1) is 105. The van der Waals surface area contributed by atoms with Crippen LogP contribution in [-0.4, -0.2) is 0 Å². The minimum absolute atomic E-state index is 0.135. The molecule has 0 amide bonds. The minimum Gasteiger partial charge on any atom is -0.295 e. The standard InChI is InChI=1S/C117H189O3P/c1-43-46-49-52-55-58-61-82(4)115(91-70-64-85(103(7,8)9)76-97(91)109(25,26)27,92-71-65-86(104(10,11)12)77-98(92)110(28,29)30)118-121(119-116(83(5)62-59-56-53-50-47-44-2,93-72-66-87(105(13,14)15)78-99(93)111(31,32)33)94-73-67-88(106(16,17)18)79-100(94)112(34,35)36)120-117(84(6)63-60-57-54-51-48-45-3,95-74-68-89(107(19,20)21)80-101(95)113(37,38)39)96-75-69-90(108(22,23)24)81-102(96)114(40,41)42/h64-84H,43-63H2,1-42H3. The Morgan fingerprint density at radius 2 is 0.331 bits per heavy atom. The van der Waals surface area contributed by atoms with Gasteiger partial charge < -0.3 is 0 Å². The van der Waals surface area contributed by atoms with Gasteiger partial charge in [-0.1, -0.05) is 516 Å². The molecule has 0 heterocycles. The molecule has 0 N–H and O–H groups in total. The molecule has 0 spiro atoms. The van der Waals surface area contributed by atoms with Crippen LogP contribution in [0.15, 0.2) is 109 Å². The van der Waals surface area contributed by atoms with Crippen LogP contribution in [0.1, 0.15) is 526 Å². The second-order valence-corrected chi connectivity index (χ2v) is 51.6. The predicted molar refractivity (Wildman–Crippen MR) is 537 cm³/mol. The average molecular weight is 1670 g/mol. The Morgan fingerprint density at radius 3 is 0.463 bits per heavy atom. The van der Waals surface area contributed by atoms with E-state index in [-0.39, 0.29) is 82.7 Å². The van der Waals surface area contributed by atoms with Crippen LogP contribution in [-0.2, 0) is 95.4 Å². The molecule has 6 rings (SSSR count). The highest BCUT2D eigenvalue weighted by Gasteiger charge is 2.58. The Balaban J connectivity index is 2.27. The lowest BCUT2D eigenvalue weighted by atomic mass is 9.65. The summed E-state index contributed by atoms with van der Waals surface area (Å²) >= 11 is 0. The lowest BCUT2D eigenvalue weighted by Crippen LogP contribution is -2.47. The van der Waals surface area contributed by atoms with Crippen molar-refractivity contribution in [2.75, 3.05) is 0 Å². The van der Waals surface area contributed by atoms with E-state index in [1.54, 1.807) is 0 Å². The molecule has 0 aliphatic rings. The maximum atomic E-state index is 9.96. The topological polar surface area (TPSA) is 27.7 Å². The molecular formula is C117H189O3P. The van der Waals surface area contributed by atoms with Gasteiger partial charge >= 0.3 is 8.60 Å². The van der Waals surface area contributed by atoms with E-state index < -0.39 is 25.4 Å². The minimum atomic E-state index is -2.71. The molecule has 0 saturated heterocycles. The van der Waals surface area contributed by atoms with Crippen molar-refractivity contribution in [3.63, 3.8) is 0 Å². The maximum Gasteiger partial charge on any atom is 0.336 e. The summed E-state index contributed by atoms with van der Waals surface area (Å²) in [6.07, 6.45) is 24.1. The molecule has 121 heavy (non-hydrogen) atoms. The molecule has 4 heteroatoms. The van der Waals surface area contributed by atoms with E-state index in [9.17, 15) is 13.6 Å². The molecule has 0 fully saturated rings. The van der Waals surface area contributed by atoms with Crippen molar-refractivity contribution < 1.29 is 13.6 Å². The van der Waals surface area contributed by atoms with Gasteiger partial charge in [-0.15, -0.1) is 0 Å². The van der Waals surface area contributed by atoms with Crippen LogP contribution in [0.25, 0.3) is 0 Å². The zero-order valence-electron chi connectivity index (χ0n) is 87.1. The second-order valence-electron chi connectivity index (χ2n) is 50.6. The van der Waals surface area contributed by atoms with E-state index in [2.05, 4.69) is 400 Å². The normalized spacial score (nSPS) is 15.0. The molecule has 0 saturated carbocycles. The van der Waals surface area contributed by atoms with Gasteiger partial charge in [0, 0.05) is 0 Å². The van der Waals surface area contributed by atoms with Gasteiger partial charge in [0.15, 0.2) is 0 Å². The number of benzene rings is 6. The van der Waals surface area contributed by atoms with Gasteiger partial charge in [0.05, 0.1) is 0 Å². The van der Waals surface area contributed by atoms with E-state index in [4.69, 9.17) is 0 Å². The third kappa shape index (κ3) is 26.2. The molecular weight excluding hydrogens is 1480 g/mol. The number of unbranched alkanes of at least 4 members (excludes halogenated alkanes) is 15. The summed E-state index contributed by atoms with van der Waals surface area (Å²) in [7, 11) is -2.71. The first-order chi connectivity index (χ1) is 55.2. The van der Waals surface area contributed by atoms with Crippen LogP contribution in [0.4, 0.5) is 0 Å². The summed E-state index contributed by atoms with van der Waals surface area (Å²) in [6.45, 7) is 103. The highest BCUT2D eigenvalue weighted by molar-refractivity contribution is 7.41. The van der Waals surface area contributed by atoms with Crippen LogP contribution in [0.2, 0.25) is 0 Å². The van der Waals surface area contributed by atoms with Gasteiger partial charge in [0.1, 0.15) is 16.8 Å². The van der Waals surface area contributed by atoms with Gasteiger partial charge in [0.25, 0.3) is 0 Å². The third-order valence-electron chi connectivity index (χ3n) is 27.3. The first-order valence-electron chi connectivity index (χ1n) is 49.0. The summed E-state index contributed by atoms with van der Waals surface area (Å²) in [5.41, 5.74) is 16.1. The summed E-state index contributed by atoms with van der Waals surface area (Å²) in [5.74, 6) is -0.406. The SMILES string of the molecule is CCCCCCCCC(C)C(OP(OC(c1ccc(C(C)(C)C)cc1C(C)(C)C)(c1ccc(C(C)(C)C)cc1C(C)(C)C)C(C)CCCCCCCC)OC(c1ccc(C(C)(C)C)cc1C(C)(C)C)(c1ccc(C(C)(C)C)cc1C(C)(C)C)C(C)CCCCCCCC)(c1ccc(C(C)(C)C)cc1C(C)(C)C)c1ccc(C(C)(C)C)cc1C(C)(C)C. The second kappa shape index (κ2) is 40.5. The molecule has 680 valence electrons. The van der Waals surface area contributed by atoms with Crippen molar-refractivity contribution in [1.82, 2.24) is 0 Å². The molecule has 3 atom stereocenters. The summed E-state index contributed by atoms with van der Waals surface area (Å²) in [6, 6.07) is 46.2. The Bertz CT molecular complexity index is 3590. The number of rotatable bonds is 36. The smallest absolute Gasteiger partial charge is 0.295 e. The zero-order chi connectivity index (χ0) is 91.9. The highest BCUT2D eigenvalue weighted by atomic mass is 31.2. The Labute approximate surface area is 751 Å². The number of hydrogen-bond acceptors (Lipinski definition) is 3. The molecule has 0 bridgehead atoms. The predicted octanol–water partition coefficient (Wildman–Crippen LogP) is 36.8. The third-order valence-corrected chi connectivity index (χ3v) is 28.6. The molecule has 6 aromatic rings. The van der Waals surface area contributed by atoms with E-state index >= 15 is 0 Å². The molecule has 0 aromatic heterocycles. The van der Waals surface area contributed by atoms with Crippen molar-refractivity contribution in [2.24, 2.45) is 17.8 Å².